The summed E-state index contributed by atoms with van der Waals surface area (Å²) in [5.41, 5.74) is 0. The summed E-state index contributed by atoms with van der Waals surface area (Å²) < 4.78 is 25.4. The molecule has 0 aromatic carbocycles. The molecule has 0 aliphatic heterocycles. The predicted octanol–water partition coefficient (Wildman–Crippen LogP) is 2.02. The molecule has 0 heterocycles. The molecule has 0 unspecified atom stereocenters. The average Bonchev–Trinajstić information content (AvgIpc) is 2.94. The van der Waals surface area contributed by atoms with Crippen molar-refractivity contribution < 1.29 is 8.42 Å². The van der Waals surface area contributed by atoms with Crippen LogP contribution in [0.5, 0.6) is 0 Å². The van der Waals surface area contributed by atoms with Crippen LogP contribution in [-0.2, 0) is 10.0 Å². The van der Waals surface area contributed by atoms with Crippen LogP contribution in [-0.4, -0.2) is 25.5 Å². The smallest absolute Gasteiger partial charge is 0.214 e. The van der Waals surface area contributed by atoms with Gasteiger partial charge in [0.1, 0.15) is 0 Å². The first kappa shape index (κ1) is 12.5. The second-order valence-corrected chi connectivity index (χ2v) is 6.58. The first-order valence-corrected chi connectivity index (χ1v) is 7.88. The summed E-state index contributed by atoms with van der Waals surface area (Å²) >= 11 is 3.37. The van der Waals surface area contributed by atoms with E-state index in [1.54, 1.807) is 0 Å². The Hall–Kier alpha value is 0.390. The standard InChI is InChI=1S/C9H18BrNO2S/c10-7-3-1-2-4-8-11-14(12,13)9-5-6-9/h9,11H,1-8H2. The predicted molar refractivity (Wildman–Crippen MR) is 62.2 cm³/mol. The van der Waals surface area contributed by atoms with E-state index in [0.29, 0.717) is 6.54 Å². The van der Waals surface area contributed by atoms with Gasteiger partial charge in [-0.25, -0.2) is 13.1 Å². The molecule has 5 heteroatoms. The highest BCUT2D eigenvalue weighted by atomic mass is 79.9. The lowest BCUT2D eigenvalue weighted by atomic mass is 10.2. The summed E-state index contributed by atoms with van der Waals surface area (Å²) in [6.07, 6.45) is 6.11. The molecule has 0 saturated heterocycles. The van der Waals surface area contributed by atoms with Crippen LogP contribution in [0.3, 0.4) is 0 Å². The van der Waals surface area contributed by atoms with Gasteiger partial charge in [0.05, 0.1) is 5.25 Å². The highest BCUT2D eigenvalue weighted by Gasteiger charge is 2.34. The zero-order valence-electron chi connectivity index (χ0n) is 8.34. The highest BCUT2D eigenvalue weighted by Crippen LogP contribution is 2.27. The summed E-state index contributed by atoms with van der Waals surface area (Å²) in [4.78, 5) is 0. The SMILES string of the molecule is O=S(=O)(NCCCCCCBr)C1CC1. The minimum atomic E-state index is -2.94. The first-order chi connectivity index (χ1) is 6.67. The van der Waals surface area contributed by atoms with Crippen LogP contribution >= 0.6 is 15.9 Å². The van der Waals surface area contributed by atoms with E-state index in [1.807, 2.05) is 0 Å². The summed E-state index contributed by atoms with van der Waals surface area (Å²) in [5, 5.41) is 0.964. The molecule has 14 heavy (non-hydrogen) atoms. The summed E-state index contributed by atoms with van der Waals surface area (Å²) in [6, 6.07) is 0. The molecule has 84 valence electrons. The van der Waals surface area contributed by atoms with E-state index in [-0.39, 0.29) is 5.25 Å². The lowest BCUT2D eigenvalue weighted by Gasteiger charge is -2.04. The third kappa shape index (κ3) is 4.75. The van der Waals surface area contributed by atoms with Gasteiger partial charge in [-0.15, -0.1) is 0 Å². The van der Waals surface area contributed by atoms with E-state index in [4.69, 9.17) is 0 Å². The van der Waals surface area contributed by atoms with Crippen LogP contribution in [0.2, 0.25) is 0 Å². The van der Waals surface area contributed by atoms with E-state index in [0.717, 1.165) is 31.0 Å². The van der Waals surface area contributed by atoms with Crippen molar-refractivity contribution in [2.24, 2.45) is 0 Å². The maximum Gasteiger partial charge on any atom is 0.214 e. The van der Waals surface area contributed by atoms with E-state index in [2.05, 4.69) is 20.7 Å². The molecule has 0 atom stereocenters. The molecule has 0 radical (unpaired) electrons. The molecule has 1 aliphatic carbocycles. The van der Waals surface area contributed by atoms with Crippen LogP contribution in [0.4, 0.5) is 0 Å². The highest BCUT2D eigenvalue weighted by molar-refractivity contribution is 9.09. The Morgan fingerprint density at radius 2 is 1.79 bits per heavy atom. The number of rotatable bonds is 8. The molecule has 0 aromatic rings. The number of halogens is 1. The molecule has 3 nitrogen and oxygen atoms in total. The van der Waals surface area contributed by atoms with Gasteiger partial charge in [0.25, 0.3) is 0 Å². The second kappa shape index (κ2) is 6.08. The zero-order chi connectivity index (χ0) is 10.4. The van der Waals surface area contributed by atoms with Crippen molar-refractivity contribution in [2.45, 2.75) is 43.8 Å². The van der Waals surface area contributed by atoms with Crippen molar-refractivity contribution in [2.75, 3.05) is 11.9 Å². The Kier molecular flexibility index (Phi) is 5.41. The molecule has 1 fully saturated rings. The van der Waals surface area contributed by atoms with Gasteiger partial charge in [-0.05, 0) is 25.7 Å². The van der Waals surface area contributed by atoms with Gasteiger partial charge in [0, 0.05) is 11.9 Å². The molecule has 0 aromatic heterocycles. The summed E-state index contributed by atoms with van der Waals surface area (Å²) in [7, 11) is -2.94. The fourth-order valence-electron chi connectivity index (χ4n) is 1.28. The number of nitrogens with one attached hydrogen (secondary N) is 1. The molecule has 0 amide bonds. The van der Waals surface area contributed by atoms with Crippen LogP contribution in [0.1, 0.15) is 38.5 Å². The Morgan fingerprint density at radius 3 is 2.36 bits per heavy atom. The molecule has 1 saturated carbocycles. The molecule has 0 bridgehead atoms. The van der Waals surface area contributed by atoms with Crippen molar-refractivity contribution in [1.82, 2.24) is 4.72 Å². The lowest BCUT2D eigenvalue weighted by molar-refractivity contribution is 0.572. The fourth-order valence-corrected chi connectivity index (χ4v) is 3.10. The Balaban J connectivity index is 1.98. The van der Waals surface area contributed by atoms with Crippen LogP contribution in [0.25, 0.3) is 0 Å². The van der Waals surface area contributed by atoms with Crippen LogP contribution < -0.4 is 4.72 Å². The van der Waals surface area contributed by atoms with E-state index < -0.39 is 10.0 Å². The van der Waals surface area contributed by atoms with Gasteiger partial charge in [-0.1, -0.05) is 28.8 Å². The summed E-state index contributed by atoms with van der Waals surface area (Å²) in [5.74, 6) is 0. The van der Waals surface area contributed by atoms with Crippen molar-refractivity contribution in [1.29, 1.82) is 0 Å². The maximum absolute atomic E-state index is 11.4. The number of hydrogen-bond acceptors (Lipinski definition) is 2. The molecule has 1 aliphatic rings. The minimum Gasteiger partial charge on any atom is -0.215 e. The molecule has 0 spiro atoms. The monoisotopic (exact) mass is 283 g/mol. The van der Waals surface area contributed by atoms with Gasteiger partial charge in [0.2, 0.25) is 10.0 Å². The number of alkyl halides is 1. The van der Waals surface area contributed by atoms with Gasteiger partial charge in [-0.2, -0.15) is 0 Å². The average molecular weight is 284 g/mol. The fraction of sp³-hybridized carbons (Fsp3) is 1.00. The van der Waals surface area contributed by atoms with Gasteiger partial charge in [-0.3, -0.25) is 0 Å². The quantitative estimate of drug-likeness (QED) is 0.547. The zero-order valence-corrected chi connectivity index (χ0v) is 10.7. The normalized spacial score (nSPS) is 17.2. The number of hydrogen-bond donors (Lipinski definition) is 1. The van der Waals surface area contributed by atoms with E-state index in [1.165, 1.54) is 12.8 Å². The first-order valence-electron chi connectivity index (χ1n) is 5.21. The topological polar surface area (TPSA) is 46.2 Å². The lowest BCUT2D eigenvalue weighted by Crippen LogP contribution is -2.28. The van der Waals surface area contributed by atoms with Gasteiger partial charge >= 0.3 is 0 Å². The molecular weight excluding hydrogens is 266 g/mol. The number of sulfonamides is 1. The second-order valence-electron chi connectivity index (χ2n) is 3.74. The number of unbranched alkanes of at least 4 members (excludes halogenated alkanes) is 3. The van der Waals surface area contributed by atoms with Crippen LogP contribution in [0.15, 0.2) is 0 Å². The summed E-state index contributed by atoms with van der Waals surface area (Å²) in [6.45, 7) is 0.612. The van der Waals surface area contributed by atoms with E-state index >= 15 is 0 Å². The van der Waals surface area contributed by atoms with Crippen molar-refractivity contribution in [3.63, 3.8) is 0 Å². The van der Waals surface area contributed by atoms with Crippen molar-refractivity contribution in [3.05, 3.63) is 0 Å². The van der Waals surface area contributed by atoms with Gasteiger partial charge in [0.15, 0.2) is 0 Å². The Labute approximate surface area is 94.8 Å². The third-order valence-corrected chi connectivity index (χ3v) is 4.84. The largest absolute Gasteiger partial charge is 0.215 e. The van der Waals surface area contributed by atoms with E-state index in [9.17, 15) is 8.42 Å². The third-order valence-electron chi connectivity index (χ3n) is 2.33. The van der Waals surface area contributed by atoms with Crippen molar-refractivity contribution in [3.8, 4) is 0 Å². The Morgan fingerprint density at radius 1 is 1.14 bits per heavy atom. The molecular formula is C9H18BrNO2S. The molecule has 1 N–H and O–H groups in total. The molecule has 1 rings (SSSR count). The van der Waals surface area contributed by atoms with Gasteiger partial charge < -0.3 is 0 Å². The Bertz CT molecular complexity index is 250. The van der Waals surface area contributed by atoms with Crippen molar-refractivity contribution >= 4 is 26.0 Å². The van der Waals surface area contributed by atoms with Crippen LogP contribution in [0, 0.1) is 0 Å². The maximum atomic E-state index is 11.4. The minimum absolute atomic E-state index is 0.0787.